The number of ketones is 4. The fourth-order valence-corrected chi connectivity index (χ4v) is 11.4. The molecule has 0 spiro atoms. The predicted molar refractivity (Wildman–Crippen MR) is 203 cm³/mol. The van der Waals surface area contributed by atoms with Crippen molar-refractivity contribution in [2.45, 2.75) is 13.8 Å². The lowest BCUT2D eigenvalue weighted by Crippen LogP contribution is -1.99. The molecule has 0 saturated heterocycles. The monoisotopic (exact) mass is 758 g/mol. The van der Waals surface area contributed by atoms with Crippen molar-refractivity contribution in [3.05, 3.63) is 138 Å². The quantitative estimate of drug-likeness (QED) is 0.1000. The molecule has 2 aliphatic carbocycles. The summed E-state index contributed by atoms with van der Waals surface area (Å²) in [4.78, 5) is 55.1. The van der Waals surface area contributed by atoms with Gasteiger partial charge in [0.1, 0.15) is 0 Å². The largest absolute Gasteiger partial charge is 0.288 e. The van der Waals surface area contributed by atoms with Gasteiger partial charge in [-0.1, -0.05) is 0 Å². The molecule has 8 aromatic rings. The third-order valence-electron chi connectivity index (χ3n) is 10.2. The molecule has 3 aromatic heterocycles. The van der Waals surface area contributed by atoms with Crippen molar-refractivity contribution >= 4 is 120 Å². The fourth-order valence-electron chi connectivity index (χ4n) is 7.53. The van der Waals surface area contributed by atoms with Crippen LogP contribution in [0.15, 0.2) is 71.8 Å². The summed E-state index contributed by atoms with van der Waals surface area (Å²) in [5.74, 6) is -6.01. The standard InChI is InChI=1S/C42H18F4O4S3/c1-15-23-11-21(12-28-36(47)24-3-17-7-30(43)31(44)8-18(17)4-25(24)37(28)48)51-40(23)16(2)35-41(15)53-34-14-22(52-42(34)35)13-29-38(49)26-5-19-9-32(45)33(46)10-20(19)6-27(26)39(29)50/h3-14H,1-2H3. The molecule has 0 N–H and O–H groups in total. The topological polar surface area (TPSA) is 68.3 Å². The maximum atomic E-state index is 13.9. The fraction of sp³-hybridized carbons (Fsp3) is 0.0476. The van der Waals surface area contributed by atoms with Gasteiger partial charge in [0.2, 0.25) is 0 Å². The minimum atomic E-state index is -1.03. The first-order chi connectivity index (χ1) is 25.4. The van der Waals surface area contributed by atoms with Gasteiger partial charge in [0.25, 0.3) is 0 Å². The molecule has 256 valence electrons. The number of hydrogen-bond donors (Lipinski definition) is 0. The highest BCUT2D eigenvalue weighted by atomic mass is 32.1. The second-order valence-corrected chi connectivity index (χ2v) is 16.5. The highest BCUT2D eigenvalue weighted by molar-refractivity contribution is 7.33. The van der Waals surface area contributed by atoms with Crippen LogP contribution in [-0.2, 0) is 0 Å². The summed E-state index contributed by atoms with van der Waals surface area (Å²) in [6, 6.07) is 13.7. The summed E-state index contributed by atoms with van der Waals surface area (Å²) < 4.78 is 59.7. The van der Waals surface area contributed by atoms with Gasteiger partial charge in [-0.05, 0) is 125 Å². The van der Waals surface area contributed by atoms with Crippen LogP contribution in [0.2, 0.25) is 0 Å². The summed E-state index contributed by atoms with van der Waals surface area (Å²) >= 11 is 4.50. The number of Topliss-reactive ketones (excluding diaryl/α,β-unsaturated/α-hetero) is 4. The van der Waals surface area contributed by atoms with Crippen molar-refractivity contribution in [1.29, 1.82) is 0 Å². The summed E-state index contributed by atoms with van der Waals surface area (Å²) in [6.07, 6.45) is 3.17. The Labute approximate surface area is 307 Å². The number of benzene rings is 5. The van der Waals surface area contributed by atoms with Crippen LogP contribution in [0.3, 0.4) is 0 Å². The Kier molecular flexibility index (Phi) is 6.63. The van der Waals surface area contributed by atoms with Crippen molar-refractivity contribution in [3.8, 4) is 0 Å². The van der Waals surface area contributed by atoms with Crippen LogP contribution in [0.1, 0.15) is 62.3 Å². The lowest BCUT2D eigenvalue weighted by atomic mass is 10.0. The lowest BCUT2D eigenvalue weighted by molar-refractivity contribution is 0.0975. The molecule has 5 aromatic carbocycles. The van der Waals surface area contributed by atoms with Gasteiger partial charge in [0.15, 0.2) is 46.4 Å². The van der Waals surface area contributed by atoms with Crippen LogP contribution in [0.4, 0.5) is 17.6 Å². The van der Waals surface area contributed by atoms with E-state index in [1.807, 2.05) is 26.0 Å². The van der Waals surface area contributed by atoms with Crippen molar-refractivity contribution in [1.82, 2.24) is 0 Å². The normalized spacial score (nSPS) is 14.3. The molecule has 4 nitrogen and oxygen atoms in total. The number of thiophene rings is 3. The molecule has 0 fully saturated rings. The third kappa shape index (κ3) is 4.51. The lowest BCUT2D eigenvalue weighted by Gasteiger charge is -2.04. The first-order valence-electron chi connectivity index (χ1n) is 16.2. The minimum absolute atomic E-state index is 0.00808. The minimum Gasteiger partial charge on any atom is -0.288 e. The van der Waals surface area contributed by atoms with E-state index in [1.165, 1.54) is 46.9 Å². The van der Waals surface area contributed by atoms with E-state index in [2.05, 4.69) is 0 Å². The van der Waals surface area contributed by atoms with Crippen LogP contribution in [0.25, 0.3) is 63.3 Å². The highest BCUT2D eigenvalue weighted by Crippen LogP contribution is 2.48. The van der Waals surface area contributed by atoms with E-state index in [0.717, 1.165) is 65.0 Å². The number of allylic oxidation sites excluding steroid dienone is 2. The maximum absolute atomic E-state index is 13.9. The van der Waals surface area contributed by atoms with Crippen molar-refractivity contribution in [3.63, 3.8) is 0 Å². The number of rotatable bonds is 2. The summed E-state index contributed by atoms with van der Waals surface area (Å²) in [7, 11) is 0. The molecule has 0 saturated carbocycles. The van der Waals surface area contributed by atoms with Gasteiger partial charge in [-0.2, -0.15) is 0 Å². The van der Waals surface area contributed by atoms with E-state index in [-0.39, 0.29) is 33.4 Å². The summed E-state index contributed by atoms with van der Waals surface area (Å²) in [6.45, 7) is 4.04. The molecule has 0 atom stereocenters. The third-order valence-corrected chi connectivity index (χ3v) is 13.8. The van der Waals surface area contributed by atoms with Gasteiger partial charge in [-0.15, -0.1) is 34.0 Å². The summed E-state index contributed by atoms with van der Waals surface area (Å²) in [5.41, 5.74) is 2.66. The molecule has 11 heteroatoms. The Balaban J connectivity index is 1.03. The first kappa shape index (κ1) is 32.1. The molecule has 2 aliphatic rings. The molecule has 0 amide bonds. The second kappa shape index (κ2) is 11.0. The Morgan fingerprint density at radius 2 is 0.849 bits per heavy atom. The number of aryl methyl sites for hydroxylation is 2. The zero-order chi connectivity index (χ0) is 36.8. The molecule has 0 unspecified atom stereocenters. The Morgan fingerprint density at radius 1 is 0.453 bits per heavy atom. The van der Waals surface area contributed by atoms with Crippen LogP contribution in [0.5, 0.6) is 0 Å². The van der Waals surface area contributed by atoms with Gasteiger partial charge >= 0.3 is 0 Å². The molecule has 0 bridgehead atoms. The highest BCUT2D eigenvalue weighted by Gasteiger charge is 2.35. The average molecular weight is 759 g/mol. The van der Waals surface area contributed by atoms with E-state index in [4.69, 9.17) is 0 Å². The van der Waals surface area contributed by atoms with E-state index < -0.39 is 46.4 Å². The van der Waals surface area contributed by atoms with E-state index >= 15 is 0 Å². The molecular weight excluding hydrogens is 741 g/mol. The van der Waals surface area contributed by atoms with Gasteiger partial charge in [-0.3, -0.25) is 19.2 Å². The smallest absolute Gasteiger partial charge is 0.197 e. The maximum Gasteiger partial charge on any atom is 0.197 e. The second-order valence-electron chi connectivity index (χ2n) is 13.2. The Bertz CT molecular complexity index is 3090. The van der Waals surface area contributed by atoms with E-state index in [9.17, 15) is 36.7 Å². The summed E-state index contributed by atoms with van der Waals surface area (Å²) in [5, 5.41) is 3.34. The number of hydrogen-bond acceptors (Lipinski definition) is 7. The molecule has 10 rings (SSSR count). The predicted octanol–water partition coefficient (Wildman–Crippen LogP) is 11.7. The molecule has 3 heterocycles. The Hall–Kier alpha value is -5.62. The Morgan fingerprint density at radius 3 is 1.28 bits per heavy atom. The van der Waals surface area contributed by atoms with Gasteiger partial charge in [-0.25, -0.2) is 17.6 Å². The zero-order valence-electron chi connectivity index (χ0n) is 27.3. The molecule has 53 heavy (non-hydrogen) atoms. The van der Waals surface area contributed by atoms with Crippen molar-refractivity contribution in [2.24, 2.45) is 0 Å². The molecule has 0 radical (unpaired) electrons. The average Bonchev–Trinajstić information content (AvgIpc) is 3.91. The van der Waals surface area contributed by atoms with Crippen LogP contribution < -0.4 is 0 Å². The number of carbonyl (C=O) groups is 4. The number of fused-ring (bicyclic) bond motifs is 8. The van der Waals surface area contributed by atoms with Gasteiger partial charge in [0.05, 0.1) is 15.8 Å². The van der Waals surface area contributed by atoms with E-state index in [1.54, 1.807) is 23.5 Å². The first-order valence-corrected chi connectivity index (χ1v) is 18.7. The molecular formula is C42H18F4O4S3. The van der Waals surface area contributed by atoms with Crippen LogP contribution in [-0.4, -0.2) is 23.1 Å². The van der Waals surface area contributed by atoms with Crippen LogP contribution in [0, 0.1) is 37.1 Å². The van der Waals surface area contributed by atoms with E-state index in [0.29, 0.717) is 31.3 Å². The number of carbonyl (C=O) groups excluding carboxylic acids is 4. The van der Waals surface area contributed by atoms with Crippen molar-refractivity contribution in [2.75, 3.05) is 0 Å². The molecule has 0 aliphatic heterocycles. The van der Waals surface area contributed by atoms with Gasteiger partial charge < -0.3 is 0 Å². The number of halogens is 4. The SMILES string of the molecule is Cc1c2cc(C=C3C(=O)c4cc5cc(F)c(F)cc5cc4C3=O)sc2c(C)c2c1sc1cc(C=C3C(=O)c4cc5cc(F)c(F)cc5cc4C3=O)sc12. The van der Waals surface area contributed by atoms with Gasteiger partial charge in [0, 0.05) is 51.5 Å². The van der Waals surface area contributed by atoms with Crippen LogP contribution >= 0.6 is 34.0 Å². The van der Waals surface area contributed by atoms with Crippen molar-refractivity contribution < 1.29 is 36.7 Å². The zero-order valence-corrected chi connectivity index (χ0v) is 29.7.